The SMILES string of the molecule is CC(C)C[C@H](NC(=O)[C@H](CC(N)=O)NC(=O)[C@H](CO)NC(=O)OC(C)(C)C)C(=O)N[C@@H](CO)C(=O)NN. The number of alkyl carbamates (subject to hydrolysis) is 1. The molecule has 0 fully saturated rings. The Morgan fingerprint density at radius 3 is 1.62 bits per heavy atom. The van der Waals surface area contributed by atoms with Crippen LogP contribution < -0.4 is 38.3 Å². The van der Waals surface area contributed by atoms with Crippen molar-refractivity contribution in [1.29, 1.82) is 0 Å². The lowest BCUT2D eigenvalue weighted by atomic mass is 10.0. The molecule has 0 rings (SSSR count). The van der Waals surface area contributed by atoms with Gasteiger partial charge >= 0.3 is 6.09 Å². The van der Waals surface area contributed by atoms with E-state index in [1.807, 2.05) is 0 Å². The second-order valence-corrected chi connectivity index (χ2v) is 9.56. The minimum Gasteiger partial charge on any atom is -0.444 e. The Kier molecular flexibility index (Phi) is 14.1. The fourth-order valence-corrected chi connectivity index (χ4v) is 2.87. The summed E-state index contributed by atoms with van der Waals surface area (Å²) in [7, 11) is 0. The number of nitrogens with two attached hydrogens (primary N) is 2. The fourth-order valence-electron chi connectivity index (χ4n) is 2.87. The summed E-state index contributed by atoms with van der Waals surface area (Å²) in [6.45, 7) is 6.62. The monoisotopic (exact) mass is 533 g/mol. The van der Waals surface area contributed by atoms with E-state index in [1.54, 1.807) is 40.0 Å². The van der Waals surface area contributed by atoms with E-state index >= 15 is 0 Å². The van der Waals surface area contributed by atoms with Gasteiger partial charge in [0.1, 0.15) is 29.8 Å². The molecule has 0 aromatic rings. The average Bonchev–Trinajstić information content (AvgIpc) is 2.77. The highest BCUT2D eigenvalue weighted by Crippen LogP contribution is 2.08. The van der Waals surface area contributed by atoms with E-state index in [1.165, 1.54) is 0 Å². The molecule has 212 valence electrons. The fraction of sp³-hybridized carbons (Fsp3) is 0.714. The summed E-state index contributed by atoms with van der Waals surface area (Å²) in [4.78, 5) is 73.5. The maximum absolute atomic E-state index is 12.9. The Morgan fingerprint density at radius 2 is 1.19 bits per heavy atom. The van der Waals surface area contributed by atoms with Gasteiger partial charge in [-0.3, -0.25) is 29.4 Å². The first kappa shape index (κ1) is 33.5. The maximum Gasteiger partial charge on any atom is 0.408 e. The minimum absolute atomic E-state index is 0.0800. The first-order valence-corrected chi connectivity index (χ1v) is 11.5. The number of amides is 6. The Hall–Kier alpha value is -3.50. The zero-order chi connectivity index (χ0) is 28.9. The summed E-state index contributed by atoms with van der Waals surface area (Å²) in [5, 5.41) is 27.8. The molecule has 16 nitrogen and oxygen atoms in total. The maximum atomic E-state index is 12.9. The lowest BCUT2D eigenvalue weighted by Crippen LogP contribution is -2.60. The van der Waals surface area contributed by atoms with Crippen molar-refractivity contribution in [3.8, 4) is 0 Å². The molecule has 0 aliphatic carbocycles. The zero-order valence-electron chi connectivity index (χ0n) is 21.6. The second-order valence-electron chi connectivity index (χ2n) is 9.56. The van der Waals surface area contributed by atoms with Crippen molar-refractivity contribution in [3.05, 3.63) is 0 Å². The van der Waals surface area contributed by atoms with Crippen LogP contribution in [0.5, 0.6) is 0 Å². The summed E-state index contributed by atoms with van der Waals surface area (Å²) in [6.07, 6.45) is -1.60. The molecule has 6 amide bonds. The second kappa shape index (κ2) is 15.6. The highest BCUT2D eigenvalue weighted by molar-refractivity contribution is 5.97. The van der Waals surface area contributed by atoms with Gasteiger partial charge in [0.2, 0.25) is 23.6 Å². The van der Waals surface area contributed by atoms with Crippen molar-refractivity contribution in [1.82, 2.24) is 26.7 Å². The number of aliphatic hydroxyl groups excluding tert-OH is 2. The number of carbonyl (C=O) groups is 6. The van der Waals surface area contributed by atoms with Gasteiger partial charge in [-0.1, -0.05) is 13.8 Å². The quantitative estimate of drug-likeness (QED) is 0.0597. The van der Waals surface area contributed by atoms with Crippen molar-refractivity contribution >= 4 is 35.6 Å². The number of aliphatic hydroxyl groups is 2. The van der Waals surface area contributed by atoms with Gasteiger partial charge in [0.05, 0.1) is 19.6 Å². The van der Waals surface area contributed by atoms with Crippen molar-refractivity contribution in [2.75, 3.05) is 13.2 Å². The van der Waals surface area contributed by atoms with Gasteiger partial charge in [-0.15, -0.1) is 0 Å². The van der Waals surface area contributed by atoms with Crippen LogP contribution in [0.15, 0.2) is 0 Å². The summed E-state index contributed by atoms with van der Waals surface area (Å²) in [5.74, 6) is 0.198. The largest absolute Gasteiger partial charge is 0.444 e. The first-order valence-electron chi connectivity index (χ1n) is 11.5. The van der Waals surface area contributed by atoms with Gasteiger partial charge in [0.25, 0.3) is 5.91 Å². The predicted molar refractivity (Wildman–Crippen MR) is 129 cm³/mol. The molecule has 11 N–H and O–H groups in total. The Morgan fingerprint density at radius 1 is 0.757 bits per heavy atom. The van der Waals surface area contributed by atoms with E-state index in [4.69, 9.17) is 16.3 Å². The van der Waals surface area contributed by atoms with Crippen molar-refractivity contribution in [2.45, 2.75) is 77.2 Å². The van der Waals surface area contributed by atoms with Gasteiger partial charge in [0, 0.05) is 0 Å². The van der Waals surface area contributed by atoms with Crippen LogP contribution in [0.1, 0.15) is 47.5 Å². The molecule has 0 saturated carbocycles. The van der Waals surface area contributed by atoms with Gasteiger partial charge in [-0.2, -0.15) is 0 Å². The molecule has 0 aromatic carbocycles. The number of hydrogen-bond donors (Lipinski definition) is 9. The van der Waals surface area contributed by atoms with Crippen LogP contribution in [-0.4, -0.2) is 88.8 Å². The van der Waals surface area contributed by atoms with E-state index in [-0.39, 0.29) is 12.3 Å². The van der Waals surface area contributed by atoms with E-state index < -0.39 is 85.0 Å². The van der Waals surface area contributed by atoms with Gasteiger partial charge < -0.3 is 42.0 Å². The molecule has 0 heterocycles. The van der Waals surface area contributed by atoms with Crippen LogP contribution in [0.25, 0.3) is 0 Å². The highest BCUT2D eigenvalue weighted by atomic mass is 16.6. The normalized spacial score (nSPS) is 14.4. The zero-order valence-corrected chi connectivity index (χ0v) is 21.6. The third kappa shape index (κ3) is 13.4. The Balaban J connectivity index is 5.62. The third-order valence-electron chi connectivity index (χ3n) is 4.53. The standard InChI is InChI=1S/C21H39N7O9/c1-10(2)6-11(16(32)26-14(9-30)19(35)28-23)24-17(33)12(7-15(22)31)25-18(34)13(8-29)27-20(36)37-21(3,4)5/h10-14,29-30H,6-9,23H2,1-5H3,(H2,22,31)(H,24,33)(H,25,34)(H,26,32)(H,27,36)(H,28,35)/t11-,12-,13-,14-/m0/s1. The molecule has 0 aliphatic rings. The number of ether oxygens (including phenoxy) is 1. The smallest absolute Gasteiger partial charge is 0.408 e. The summed E-state index contributed by atoms with van der Waals surface area (Å²) < 4.78 is 5.03. The third-order valence-corrected chi connectivity index (χ3v) is 4.53. The van der Waals surface area contributed by atoms with Crippen LogP contribution in [0.3, 0.4) is 0 Å². The summed E-state index contributed by atoms with van der Waals surface area (Å²) in [6, 6.07) is -5.75. The van der Waals surface area contributed by atoms with Crippen molar-refractivity contribution in [2.24, 2.45) is 17.5 Å². The molecular formula is C21H39N7O9. The number of primary amides is 1. The number of rotatable bonds is 14. The Labute approximate surface area is 214 Å². The van der Waals surface area contributed by atoms with Crippen LogP contribution in [0.2, 0.25) is 0 Å². The van der Waals surface area contributed by atoms with Crippen LogP contribution in [-0.2, 0) is 28.7 Å². The van der Waals surface area contributed by atoms with E-state index in [9.17, 15) is 39.0 Å². The molecule has 0 saturated heterocycles. The number of hydrogen-bond acceptors (Lipinski definition) is 10. The van der Waals surface area contributed by atoms with Gasteiger partial charge in [-0.25, -0.2) is 10.6 Å². The molecule has 0 radical (unpaired) electrons. The molecule has 4 atom stereocenters. The van der Waals surface area contributed by atoms with E-state index in [2.05, 4.69) is 21.3 Å². The minimum atomic E-state index is -1.58. The molecule has 0 aromatic heterocycles. The van der Waals surface area contributed by atoms with E-state index in [0.717, 1.165) is 0 Å². The summed E-state index contributed by atoms with van der Waals surface area (Å²) >= 11 is 0. The molecule has 16 heteroatoms. The molecule has 37 heavy (non-hydrogen) atoms. The lowest BCUT2D eigenvalue weighted by molar-refractivity contribution is -0.135. The first-order chi connectivity index (χ1) is 17.0. The summed E-state index contributed by atoms with van der Waals surface area (Å²) in [5.41, 5.74) is 6.09. The number of nitrogens with one attached hydrogen (secondary N) is 5. The Bertz CT molecular complexity index is 830. The van der Waals surface area contributed by atoms with E-state index in [0.29, 0.717) is 0 Å². The van der Waals surface area contributed by atoms with Crippen LogP contribution in [0.4, 0.5) is 4.79 Å². The molecule has 0 unspecified atom stereocenters. The van der Waals surface area contributed by atoms with Crippen molar-refractivity contribution < 1.29 is 43.7 Å². The van der Waals surface area contributed by atoms with Crippen LogP contribution in [0, 0.1) is 5.92 Å². The van der Waals surface area contributed by atoms with Gasteiger partial charge in [-0.05, 0) is 33.1 Å². The van der Waals surface area contributed by atoms with Crippen LogP contribution >= 0.6 is 0 Å². The molecule has 0 aliphatic heterocycles. The predicted octanol–water partition coefficient (Wildman–Crippen LogP) is -3.77. The molecule has 0 spiro atoms. The average molecular weight is 534 g/mol. The van der Waals surface area contributed by atoms with Crippen molar-refractivity contribution in [3.63, 3.8) is 0 Å². The molecular weight excluding hydrogens is 494 g/mol. The molecule has 0 bridgehead atoms. The number of hydrazine groups is 1. The highest BCUT2D eigenvalue weighted by Gasteiger charge is 2.32. The lowest BCUT2D eigenvalue weighted by Gasteiger charge is -2.26. The topological polar surface area (TPSA) is 264 Å². The number of carbonyl (C=O) groups excluding carboxylic acids is 6. The van der Waals surface area contributed by atoms with Gasteiger partial charge in [0.15, 0.2) is 0 Å².